The highest BCUT2D eigenvalue weighted by atomic mass is 19.1. The molecule has 31 heavy (non-hydrogen) atoms. The minimum atomic E-state index is -0.599. The molecule has 1 aliphatic rings. The molecule has 156 valence electrons. The number of imide groups is 1. The van der Waals surface area contributed by atoms with Crippen LogP contribution in [0.15, 0.2) is 78.5 Å². The van der Waals surface area contributed by atoms with E-state index in [1.807, 2.05) is 6.92 Å². The Balaban J connectivity index is 1.77. The molecule has 0 saturated carbocycles. The molecule has 0 spiro atoms. The lowest BCUT2D eigenvalue weighted by Gasteiger charge is -2.16. The predicted molar refractivity (Wildman–Crippen MR) is 113 cm³/mol. The Kier molecular flexibility index (Phi) is 5.49. The highest BCUT2D eigenvalue weighted by Gasteiger charge is 2.40. The molecular formula is C24H18F2N2O3. The third kappa shape index (κ3) is 4.02. The lowest BCUT2D eigenvalue weighted by Crippen LogP contribution is -2.32. The van der Waals surface area contributed by atoms with Crippen molar-refractivity contribution in [1.29, 1.82) is 0 Å². The van der Waals surface area contributed by atoms with Gasteiger partial charge in [0.15, 0.2) is 0 Å². The average Bonchev–Trinajstić information content (AvgIpc) is 2.99. The van der Waals surface area contributed by atoms with Gasteiger partial charge < -0.3 is 10.1 Å². The van der Waals surface area contributed by atoms with Crippen molar-refractivity contribution in [3.8, 4) is 5.75 Å². The van der Waals surface area contributed by atoms with Crippen LogP contribution in [-0.4, -0.2) is 18.4 Å². The SMILES string of the molecule is CCOc1ccc(N2C(=O)C(Nc3cccc(F)c3)=C(c3ccc(F)cc3)C2=O)cc1. The quantitative estimate of drug-likeness (QED) is 0.584. The number of ether oxygens (including phenoxy) is 1. The monoisotopic (exact) mass is 420 g/mol. The Morgan fingerprint density at radius 1 is 0.871 bits per heavy atom. The molecular weight excluding hydrogens is 402 g/mol. The molecule has 3 aromatic carbocycles. The topological polar surface area (TPSA) is 58.6 Å². The number of benzene rings is 3. The van der Waals surface area contributed by atoms with Crippen LogP contribution in [0, 0.1) is 11.6 Å². The number of rotatable bonds is 6. The van der Waals surface area contributed by atoms with Gasteiger partial charge in [-0.3, -0.25) is 9.59 Å². The Bertz CT molecular complexity index is 1170. The second-order valence-electron chi connectivity index (χ2n) is 6.76. The molecule has 0 saturated heterocycles. The highest BCUT2D eigenvalue weighted by molar-refractivity contribution is 6.46. The summed E-state index contributed by atoms with van der Waals surface area (Å²) in [4.78, 5) is 27.6. The predicted octanol–water partition coefficient (Wildman–Crippen LogP) is 4.76. The van der Waals surface area contributed by atoms with Crippen molar-refractivity contribution in [1.82, 2.24) is 0 Å². The molecule has 1 heterocycles. The van der Waals surface area contributed by atoms with Crippen molar-refractivity contribution in [2.75, 3.05) is 16.8 Å². The first kappa shape index (κ1) is 20.3. The van der Waals surface area contributed by atoms with Crippen molar-refractivity contribution < 1.29 is 23.1 Å². The van der Waals surface area contributed by atoms with Crippen LogP contribution in [0.25, 0.3) is 5.57 Å². The molecule has 7 heteroatoms. The Morgan fingerprint density at radius 3 is 2.23 bits per heavy atom. The van der Waals surface area contributed by atoms with Gasteiger partial charge in [0, 0.05) is 5.69 Å². The number of nitrogens with one attached hydrogen (secondary N) is 1. The van der Waals surface area contributed by atoms with E-state index in [0.29, 0.717) is 29.3 Å². The zero-order valence-corrected chi connectivity index (χ0v) is 16.6. The van der Waals surface area contributed by atoms with Gasteiger partial charge in [-0.25, -0.2) is 13.7 Å². The first-order chi connectivity index (χ1) is 15.0. The minimum Gasteiger partial charge on any atom is -0.494 e. The average molecular weight is 420 g/mol. The van der Waals surface area contributed by atoms with Gasteiger partial charge in [-0.05, 0) is 67.1 Å². The molecule has 0 fully saturated rings. The van der Waals surface area contributed by atoms with Gasteiger partial charge in [0.05, 0.1) is 17.9 Å². The number of hydrogen-bond donors (Lipinski definition) is 1. The number of anilines is 2. The van der Waals surface area contributed by atoms with E-state index in [2.05, 4.69) is 5.32 Å². The first-order valence-corrected chi connectivity index (χ1v) is 9.62. The van der Waals surface area contributed by atoms with E-state index < -0.39 is 23.4 Å². The molecule has 0 unspecified atom stereocenters. The van der Waals surface area contributed by atoms with E-state index in [-0.39, 0.29) is 11.3 Å². The molecule has 5 nitrogen and oxygen atoms in total. The summed E-state index contributed by atoms with van der Waals surface area (Å²) < 4.78 is 32.5. The smallest absolute Gasteiger partial charge is 0.282 e. The third-order valence-corrected chi connectivity index (χ3v) is 4.72. The molecule has 3 aromatic rings. The fourth-order valence-corrected chi connectivity index (χ4v) is 3.33. The molecule has 0 bridgehead atoms. The van der Waals surface area contributed by atoms with Crippen LogP contribution in [0.5, 0.6) is 5.75 Å². The van der Waals surface area contributed by atoms with E-state index in [1.165, 1.54) is 42.5 Å². The van der Waals surface area contributed by atoms with Gasteiger partial charge in [-0.2, -0.15) is 0 Å². The van der Waals surface area contributed by atoms with Crippen molar-refractivity contribution in [3.63, 3.8) is 0 Å². The molecule has 0 aliphatic carbocycles. The number of halogens is 2. The van der Waals surface area contributed by atoms with Crippen LogP contribution in [0.2, 0.25) is 0 Å². The molecule has 0 radical (unpaired) electrons. The van der Waals surface area contributed by atoms with Gasteiger partial charge in [0.25, 0.3) is 11.8 Å². The van der Waals surface area contributed by atoms with Crippen LogP contribution in [-0.2, 0) is 9.59 Å². The maximum Gasteiger partial charge on any atom is 0.282 e. The van der Waals surface area contributed by atoms with Gasteiger partial charge in [-0.15, -0.1) is 0 Å². The lowest BCUT2D eigenvalue weighted by molar-refractivity contribution is -0.120. The Labute approximate surface area is 177 Å². The highest BCUT2D eigenvalue weighted by Crippen LogP contribution is 2.34. The van der Waals surface area contributed by atoms with Gasteiger partial charge in [0.2, 0.25) is 0 Å². The summed E-state index contributed by atoms with van der Waals surface area (Å²) in [5.74, 6) is -1.52. The standard InChI is InChI=1S/C24H18F2N2O3/c1-2-31-20-12-10-19(11-13-20)28-23(29)21(15-6-8-16(25)9-7-15)22(24(28)30)27-18-5-3-4-17(26)14-18/h3-14,27H,2H2,1H3. The van der Waals surface area contributed by atoms with E-state index in [0.717, 1.165) is 4.90 Å². The lowest BCUT2D eigenvalue weighted by atomic mass is 10.0. The summed E-state index contributed by atoms with van der Waals surface area (Å²) in [6.07, 6.45) is 0. The second kappa shape index (κ2) is 8.39. The molecule has 4 rings (SSSR count). The number of hydrogen-bond acceptors (Lipinski definition) is 4. The number of carbonyl (C=O) groups excluding carboxylic acids is 2. The van der Waals surface area contributed by atoms with Crippen molar-refractivity contribution in [2.45, 2.75) is 6.92 Å². The van der Waals surface area contributed by atoms with Crippen LogP contribution >= 0.6 is 0 Å². The summed E-state index contributed by atoms with van der Waals surface area (Å²) >= 11 is 0. The summed E-state index contributed by atoms with van der Waals surface area (Å²) in [5.41, 5.74) is 1.09. The van der Waals surface area contributed by atoms with Gasteiger partial charge >= 0.3 is 0 Å². The summed E-state index contributed by atoms with van der Waals surface area (Å²) in [5, 5.41) is 2.87. The molecule has 0 aromatic heterocycles. The van der Waals surface area contributed by atoms with Crippen LogP contribution in [0.3, 0.4) is 0 Å². The minimum absolute atomic E-state index is 0.0175. The zero-order chi connectivity index (χ0) is 22.0. The summed E-state index contributed by atoms with van der Waals surface area (Å²) in [6.45, 7) is 2.34. The zero-order valence-electron chi connectivity index (χ0n) is 16.6. The summed E-state index contributed by atoms with van der Waals surface area (Å²) in [7, 11) is 0. The molecule has 1 N–H and O–H groups in total. The van der Waals surface area contributed by atoms with Crippen molar-refractivity contribution in [2.24, 2.45) is 0 Å². The van der Waals surface area contributed by atoms with E-state index in [4.69, 9.17) is 4.74 Å². The largest absolute Gasteiger partial charge is 0.494 e. The van der Waals surface area contributed by atoms with Gasteiger partial charge in [0.1, 0.15) is 23.1 Å². The first-order valence-electron chi connectivity index (χ1n) is 9.62. The van der Waals surface area contributed by atoms with Crippen LogP contribution < -0.4 is 15.0 Å². The Morgan fingerprint density at radius 2 is 1.58 bits per heavy atom. The maximum atomic E-state index is 13.6. The number of amides is 2. The normalized spacial score (nSPS) is 13.7. The summed E-state index contributed by atoms with van der Waals surface area (Å²) in [6, 6.07) is 17.3. The maximum absolute atomic E-state index is 13.6. The van der Waals surface area contributed by atoms with E-state index in [1.54, 1.807) is 30.3 Å². The van der Waals surface area contributed by atoms with Crippen molar-refractivity contribution in [3.05, 3.63) is 95.7 Å². The number of carbonyl (C=O) groups is 2. The van der Waals surface area contributed by atoms with Crippen molar-refractivity contribution >= 4 is 28.8 Å². The fourth-order valence-electron chi connectivity index (χ4n) is 3.33. The van der Waals surface area contributed by atoms with E-state index in [9.17, 15) is 18.4 Å². The molecule has 1 aliphatic heterocycles. The van der Waals surface area contributed by atoms with Gasteiger partial charge in [-0.1, -0.05) is 18.2 Å². The number of nitrogens with zero attached hydrogens (tertiary/aromatic N) is 1. The Hall–Kier alpha value is -4.00. The molecule has 2 amide bonds. The van der Waals surface area contributed by atoms with E-state index >= 15 is 0 Å². The fraction of sp³-hybridized carbons (Fsp3) is 0.0833. The third-order valence-electron chi connectivity index (χ3n) is 4.72. The second-order valence-corrected chi connectivity index (χ2v) is 6.76. The van der Waals surface area contributed by atoms with Crippen LogP contribution in [0.4, 0.5) is 20.2 Å². The van der Waals surface area contributed by atoms with Crippen LogP contribution in [0.1, 0.15) is 12.5 Å². The molecule has 0 atom stereocenters.